The van der Waals surface area contributed by atoms with Crippen molar-refractivity contribution >= 4 is 0 Å². The Hall–Kier alpha value is -1.22. The molecule has 22 heavy (non-hydrogen) atoms. The number of hydrogen-bond acceptors (Lipinski definition) is 3. The van der Waals surface area contributed by atoms with Gasteiger partial charge in [-0.3, -0.25) is 0 Å². The van der Waals surface area contributed by atoms with Crippen LogP contribution in [-0.2, 0) is 0 Å². The van der Waals surface area contributed by atoms with Crippen molar-refractivity contribution in [3.05, 3.63) is 23.8 Å². The van der Waals surface area contributed by atoms with Gasteiger partial charge in [-0.15, -0.1) is 0 Å². The van der Waals surface area contributed by atoms with Crippen molar-refractivity contribution in [2.75, 3.05) is 13.2 Å². The monoisotopic (exact) mass is 305 g/mol. The van der Waals surface area contributed by atoms with E-state index in [1.807, 2.05) is 0 Å². The van der Waals surface area contributed by atoms with E-state index in [9.17, 15) is 0 Å². The molecule has 1 N–H and O–H groups in total. The van der Waals surface area contributed by atoms with Crippen LogP contribution in [0.5, 0.6) is 11.5 Å². The lowest BCUT2D eigenvalue weighted by molar-refractivity contribution is 0.0228. The molecule has 1 aromatic carbocycles. The molecule has 3 heteroatoms. The minimum atomic E-state index is -0.0537. The van der Waals surface area contributed by atoms with Gasteiger partial charge in [0.25, 0.3) is 0 Å². The summed E-state index contributed by atoms with van der Waals surface area (Å²) in [5, 5.41) is 3.62. The van der Waals surface area contributed by atoms with Crippen molar-refractivity contribution in [3.8, 4) is 11.5 Å². The lowest BCUT2D eigenvalue weighted by Gasteiger charge is -2.42. The molecule has 1 heterocycles. The molecular weight excluding hydrogens is 274 g/mol. The maximum atomic E-state index is 6.42. The molecule has 2 rings (SSSR count). The molecular formula is C19H31NO2. The van der Waals surface area contributed by atoms with Crippen LogP contribution < -0.4 is 14.8 Å². The van der Waals surface area contributed by atoms with Crippen LogP contribution >= 0.6 is 0 Å². The summed E-state index contributed by atoms with van der Waals surface area (Å²) in [5.41, 5.74) is 1.21. The van der Waals surface area contributed by atoms with Gasteiger partial charge in [0.15, 0.2) is 0 Å². The number of fused-ring (bicyclic) bond motifs is 1. The van der Waals surface area contributed by atoms with Gasteiger partial charge in [0.1, 0.15) is 17.1 Å². The third-order valence-corrected chi connectivity index (χ3v) is 4.77. The minimum Gasteiger partial charge on any atom is -0.493 e. The van der Waals surface area contributed by atoms with E-state index >= 15 is 0 Å². The fourth-order valence-corrected chi connectivity index (χ4v) is 3.18. The predicted molar refractivity (Wildman–Crippen MR) is 91.8 cm³/mol. The van der Waals surface area contributed by atoms with Crippen molar-refractivity contribution in [2.24, 2.45) is 0 Å². The van der Waals surface area contributed by atoms with Crippen molar-refractivity contribution in [1.29, 1.82) is 0 Å². The summed E-state index contributed by atoms with van der Waals surface area (Å²) in [6.07, 6.45) is 5.35. The predicted octanol–water partition coefficient (Wildman–Crippen LogP) is 4.86. The number of nitrogens with one attached hydrogen (secondary N) is 1. The summed E-state index contributed by atoms with van der Waals surface area (Å²) in [7, 11) is 0. The Labute approximate surface area is 135 Å². The van der Waals surface area contributed by atoms with Gasteiger partial charge in [0.2, 0.25) is 0 Å². The molecule has 0 radical (unpaired) electrons. The standard InChI is InChI=1S/C19H31NO2/c1-5-9-12-21-15-10-11-16-17(20-8-4)14-19(6-2,7-3)22-18(16)13-15/h10-11,13,17,20H,5-9,12,14H2,1-4H3. The summed E-state index contributed by atoms with van der Waals surface area (Å²) < 4.78 is 12.3. The molecule has 0 saturated carbocycles. The largest absolute Gasteiger partial charge is 0.493 e. The van der Waals surface area contributed by atoms with Gasteiger partial charge in [-0.1, -0.05) is 40.2 Å². The van der Waals surface area contributed by atoms with Gasteiger partial charge in [0.05, 0.1) is 6.61 Å². The molecule has 0 fully saturated rings. The van der Waals surface area contributed by atoms with Crippen LogP contribution in [0.15, 0.2) is 18.2 Å². The SMILES string of the molecule is CCCCOc1ccc2c(c1)OC(CC)(CC)CC2NCC. The van der Waals surface area contributed by atoms with E-state index in [1.165, 1.54) is 5.56 Å². The van der Waals surface area contributed by atoms with Crippen molar-refractivity contribution < 1.29 is 9.47 Å². The van der Waals surface area contributed by atoms with Crippen LogP contribution in [-0.4, -0.2) is 18.8 Å². The van der Waals surface area contributed by atoms with E-state index in [2.05, 4.69) is 51.2 Å². The third-order valence-electron chi connectivity index (χ3n) is 4.77. The highest BCUT2D eigenvalue weighted by molar-refractivity contribution is 5.44. The molecule has 0 saturated heterocycles. The average Bonchev–Trinajstić information content (AvgIpc) is 2.55. The first kappa shape index (κ1) is 17.1. The van der Waals surface area contributed by atoms with Crippen LogP contribution in [0.2, 0.25) is 0 Å². The van der Waals surface area contributed by atoms with Gasteiger partial charge in [0, 0.05) is 24.1 Å². The highest BCUT2D eigenvalue weighted by atomic mass is 16.5. The Morgan fingerprint density at radius 1 is 1.23 bits per heavy atom. The highest BCUT2D eigenvalue weighted by Gasteiger charge is 2.38. The van der Waals surface area contributed by atoms with E-state index in [1.54, 1.807) is 0 Å². The summed E-state index contributed by atoms with van der Waals surface area (Å²) in [6, 6.07) is 6.69. The van der Waals surface area contributed by atoms with Crippen LogP contribution in [0.3, 0.4) is 0 Å². The van der Waals surface area contributed by atoms with Crippen LogP contribution in [0, 0.1) is 0 Å². The highest BCUT2D eigenvalue weighted by Crippen LogP contribution is 2.44. The number of ether oxygens (including phenoxy) is 2. The molecule has 1 atom stereocenters. The molecule has 1 aliphatic heterocycles. The second kappa shape index (κ2) is 7.87. The Kier molecular flexibility index (Phi) is 6.13. The average molecular weight is 305 g/mol. The van der Waals surface area contributed by atoms with E-state index in [-0.39, 0.29) is 5.60 Å². The second-order valence-corrected chi connectivity index (χ2v) is 6.21. The molecule has 124 valence electrons. The number of benzene rings is 1. The molecule has 3 nitrogen and oxygen atoms in total. The maximum Gasteiger partial charge on any atom is 0.128 e. The van der Waals surface area contributed by atoms with Gasteiger partial charge >= 0.3 is 0 Å². The second-order valence-electron chi connectivity index (χ2n) is 6.21. The van der Waals surface area contributed by atoms with Crippen molar-refractivity contribution in [2.45, 2.75) is 71.4 Å². The quantitative estimate of drug-likeness (QED) is 0.696. The maximum absolute atomic E-state index is 6.42. The molecule has 0 bridgehead atoms. The lowest BCUT2D eigenvalue weighted by atomic mass is 9.83. The van der Waals surface area contributed by atoms with Gasteiger partial charge < -0.3 is 14.8 Å². The van der Waals surface area contributed by atoms with Crippen LogP contribution in [0.1, 0.15) is 71.4 Å². The fraction of sp³-hybridized carbons (Fsp3) is 0.684. The minimum absolute atomic E-state index is 0.0537. The number of hydrogen-bond donors (Lipinski definition) is 1. The molecule has 0 aliphatic carbocycles. The third kappa shape index (κ3) is 3.75. The zero-order chi connectivity index (χ0) is 16.0. The van der Waals surface area contributed by atoms with Crippen LogP contribution in [0.4, 0.5) is 0 Å². The molecule has 1 aromatic rings. The Morgan fingerprint density at radius 2 is 2.00 bits per heavy atom. The summed E-state index contributed by atoms with van der Waals surface area (Å²) in [6.45, 7) is 10.5. The fourth-order valence-electron chi connectivity index (χ4n) is 3.18. The molecule has 0 aromatic heterocycles. The Bertz CT molecular complexity index is 469. The van der Waals surface area contributed by atoms with E-state index < -0.39 is 0 Å². The molecule has 0 amide bonds. The molecule has 1 aliphatic rings. The first-order chi connectivity index (χ1) is 10.7. The van der Waals surface area contributed by atoms with E-state index in [4.69, 9.17) is 9.47 Å². The molecule has 0 spiro atoms. The van der Waals surface area contributed by atoms with Crippen LogP contribution in [0.25, 0.3) is 0 Å². The smallest absolute Gasteiger partial charge is 0.128 e. The number of rotatable bonds is 8. The first-order valence-corrected chi connectivity index (χ1v) is 8.87. The van der Waals surface area contributed by atoms with Gasteiger partial charge in [-0.2, -0.15) is 0 Å². The normalized spacial score (nSPS) is 19.4. The van der Waals surface area contributed by atoms with Crippen molar-refractivity contribution in [3.63, 3.8) is 0 Å². The Balaban J connectivity index is 2.24. The summed E-state index contributed by atoms with van der Waals surface area (Å²) in [5.74, 6) is 1.92. The number of unbranched alkanes of at least 4 members (excludes halogenated alkanes) is 1. The lowest BCUT2D eigenvalue weighted by Crippen LogP contribution is -2.43. The van der Waals surface area contributed by atoms with E-state index in [0.29, 0.717) is 6.04 Å². The van der Waals surface area contributed by atoms with Gasteiger partial charge in [-0.25, -0.2) is 0 Å². The first-order valence-electron chi connectivity index (χ1n) is 8.87. The zero-order valence-corrected chi connectivity index (χ0v) is 14.6. The van der Waals surface area contributed by atoms with Crippen molar-refractivity contribution in [1.82, 2.24) is 5.32 Å². The zero-order valence-electron chi connectivity index (χ0n) is 14.6. The topological polar surface area (TPSA) is 30.5 Å². The van der Waals surface area contributed by atoms with E-state index in [0.717, 1.165) is 56.8 Å². The Morgan fingerprint density at radius 3 is 2.64 bits per heavy atom. The summed E-state index contributed by atoms with van der Waals surface area (Å²) >= 11 is 0. The summed E-state index contributed by atoms with van der Waals surface area (Å²) in [4.78, 5) is 0. The van der Waals surface area contributed by atoms with Gasteiger partial charge in [-0.05, 0) is 31.9 Å². The molecule has 1 unspecified atom stereocenters.